The molecule has 1 saturated carbocycles. The molecule has 0 saturated heterocycles. The molecular formula is C12H14N4O3. The zero-order valence-corrected chi connectivity index (χ0v) is 10.8. The van der Waals surface area contributed by atoms with Crippen molar-refractivity contribution in [1.29, 1.82) is 0 Å². The fourth-order valence-electron chi connectivity index (χ4n) is 1.87. The first-order valence-corrected chi connectivity index (χ1v) is 6.12. The van der Waals surface area contributed by atoms with Crippen LogP contribution in [0.4, 0.5) is 0 Å². The largest absolute Gasteiger partial charge is 0.468 e. The Kier molecular flexibility index (Phi) is 2.81. The maximum absolute atomic E-state index is 11.9. The third kappa shape index (κ3) is 2.35. The number of hydrogen-bond acceptors (Lipinski definition) is 6. The van der Waals surface area contributed by atoms with Gasteiger partial charge in [0.2, 0.25) is 5.89 Å². The zero-order chi connectivity index (χ0) is 13.4. The smallest absolute Gasteiger partial charge is 0.299 e. The summed E-state index contributed by atoms with van der Waals surface area (Å²) in [4.78, 5) is 20.4. The molecule has 0 amide bonds. The van der Waals surface area contributed by atoms with Gasteiger partial charge in [-0.15, -0.1) is 0 Å². The van der Waals surface area contributed by atoms with Gasteiger partial charge < -0.3 is 9.26 Å². The average molecular weight is 262 g/mol. The van der Waals surface area contributed by atoms with Crippen LogP contribution in [-0.4, -0.2) is 26.8 Å². The zero-order valence-electron chi connectivity index (χ0n) is 10.8. The Balaban J connectivity index is 1.91. The minimum atomic E-state index is -0.199. The average Bonchev–Trinajstić information content (AvgIpc) is 3.13. The molecule has 0 aromatic carbocycles. The summed E-state index contributed by atoms with van der Waals surface area (Å²) in [6.07, 6.45) is 2.21. The summed E-state index contributed by atoms with van der Waals surface area (Å²) in [6.45, 7) is 1.92. The van der Waals surface area contributed by atoms with Crippen LogP contribution in [0.15, 0.2) is 15.4 Å². The number of nitrogens with zero attached hydrogens (tertiary/aromatic N) is 4. The van der Waals surface area contributed by atoms with Crippen LogP contribution in [-0.2, 0) is 6.54 Å². The van der Waals surface area contributed by atoms with E-state index in [-0.39, 0.29) is 18.1 Å². The van der Waals surface area contributed by atoms with Crippen molar-refractivity contribution in [2.45, 2.75) is 32.2 Å². The predicted octanol–water partition coefficient (Wildman–Crippen LogP) is 0.869. The quantitative estimate of drug-likeness (QED) is 0.813. The molecule has 2 aromatic heterocycles. The fourth-order valence-corrected chi connectivity index (χ4v) is 1.87. The minimum Gasteiger partial charge on any atom is -0.468 e. The van der Waals surface area contributed by atoms with E-state index in [2.05, 4.69) is 15.1 Å². The summed E-state index contributed by atoms with van der Waals surface area (Å²) in [7, 11) is 1.47. The number of aromatic nitrogens is 4. The van der Waals surface area contributed by atoms with Gasteiger partial charge in [0, 0.05) is 17.7 Å². The molecule has 7 heteroatoms. The summed E-state index contributed by atoms with van der Waals surface area (Å²) in [5.41, 5.74) is 0.415. The van der Waals surface area contributed by atoms with E-state index in [1.54, 1.807) is 6.92 Å². The number of methoxy groups -OCH3 is 1. The van der Waals surface area contributed by atoms with Crippen molar-refractivity contribution in [2.75, 3.05) is 7.11 Å². The summed E-state index contributed by atoms with van der Waals surface area (Å²) in [6, 6.07) is 1.69. The summed E-state index contributed by atoms with van der Waals surface area (Å²) < 4.78 is 11.6. The Hall–Kier alpha value is -2.18. The van der Waals surface area contributed by atoms with E-state index >= 15 is 0 Å². The van der Waals surface area contributed by atoms with Crippen molar-refractivity contribution in [3.63, 3.8) is 0 Å². The molecule has 2 heterocycles. The standard InChI is InChI=1S/C12H14N4O3/c1-7-5-10(17)16(12(13-7)18-2)6-9-14-11(15-19-9)8-3-4-8/h5,8H,3-4,6H2,1-2H3. The molecule has 0 bridgehead atoms. The molecule has 100 valence electrons. The first-order chi connectivity index (χ1) is 9.17. The fraction of sp³-hybridized carbons (Fsp3) is 0.500. The van der Waals surface area contributed by atoms with Gasteiger partial charge in [0.1, 0.15) is 6.54 Å². The van der Waals surface area contributed by atoms with Crippen molar-refractivity contribution in [3.05, 3.63) is 33.8 Å². The maximum atomic E-state index is 11.9. The minimum absolute atomic E-state index is 0.176. The van der Waals surface area contributed by atoms with E-state index in [1.165, 1.54) is 17.7 Å². The van der Waals surface area contributed by atoms with Crippen LogP contribution in [0.1, 0.15) is 36.2 Å². The van der Waals surface area contributed by atoms with Gasteiger partial charge in [0.25, 0.3) is 11.6 Å². The molecule has 3 rings (SSSR count). The SMILES string of the molecule is COc1nc(C)cc(=O)n1Cc1nc(C2CC2)no1. The Morgan fingerprint density at radius 3 is 2.95 bits per heavy atom. The van der Waals surface area contributed by atoms with E-state index in [4.69, 9.17) is 9.26 Å². The molecule has 0 atom stereocenters. The second-order valence-electron chi connectivity index (χ2n) is 4.63. The number of aryl methyl sites for hydroxylation is 1. The lowest BCUT2D eigenvalue weighted by Crippen LogP contribution is -2.23. The van der Waals surface area contributed by atoms with E-state index < -0.39 is 0 Å². The van der Waals surface area contributed by atoms with Crippen LogP contribution in [0.3, 0.4) is 0 Å². The highest BCUT2D eigenvalue weighted by atomic mass is 16.5. The lowest BCUT2D eigenvalue weighted by molar-refractivity contribution is 0.325. The summed E-state index contributed by atoms with van der Waals surface area (Å²) in [5.74, 6) is 1.54. The summed E-state index contributed by atoms with van der Waals surface area (Å²) >= 11 is 0. The Bertz CT molecular complexity index is 657. The first kappa shape index (κ1) is 11.9. The van der Waals surface area contributed by atoms with Gasteiger partial charge in [-0.3, -0.25) is 9.36 Å². The molecule has 0 spiro atoms. The Morgan fingerprint density at radius 2 is 2.26 bits per heavy atom. The molecule has 0 radical (unpaired) electrons. The maximum Gasteiger partial charge on any atom is 0.299 e. The van der Waals surface area contributed by atoms with Crippen LogP contribution in [0.5, 0.6) is 6.01 Å². The van der Waals surface area contributed by atoms with Gasteiger partial charge in [-0.1, -0.05) is 5.16 Å². The molecule has 1 aliphatic carbocycles. The van der Waals surface area contributed by atoms with Crippen molar-refractivity contribution in [3.8, 4) is 6.01 Å². The van der Waals surface area contributed by atoms with Gasteiger partial charge in [0.15, 0.2) is 5.82 Å². The molecule has 0 aliphatic heterocycles. The molecule has 1 fully saturated rings. The van der Waals surface area contributed by atoms with Crippen LogP contribution in [0, 0.1) is 6.92 Å². The van der Waals surface area contributed by atoms with Crippen LogP contribution in [0.2, 0.25) is 0 Å². The molecule has 2 aromatic rings. The molecule has 1 aliphatic rings. The van der Waals surface area contributed by atoms with Crippen LogP contribution >= 0.6 is 0 Å². The lowest BCUT2D eigenvalue weighted by atomic mass is 10.4. The van der Waals surface area contributed by atoms with Crippen LogP contribution in [0.25, 0.3) is 0 Å². The third-order valence-corrected chi connectivity index (χ3v) is 3.00. The van der Waals surface area contributed by atoms with Gasteiger partial charge in [0.05, 0.1) is 7.11 Å². The van der Waals surface area contributed by atoms with E-state index in [0.29, 0.717) is 17.5 Å². The molecular weight excluding hydrogens is 248 g/mol. The molecule has 19 heavy (non-hydrogen) atoms. The monoisotopic (exact) mass is 262 g/mol. The van der Waals surface area contributed by atoms with Gasteiger partial charge in [-0.2, -0.15) is 4.98 Å². The predicted molar refractivity (Wildman–Crippen MR) is 65.2 cm³/mol. The van der Waals surface area contributed by atoms with Crippen LogP contribution < -0.4 is 10.3 Å². The Labute approximate surface area is 109 Å². The second kappa shape index (κ2) is 4.49. The number of hydrogen-bond donors (Lipinski definition) is 0. The number of ether oxygens (including phenoxy) is 1. The number of rotatable bonds is 4. The highest BCUT2D eigenvalue weighted by Crippen LogP contribution is 2.38. The van der Waals surface area contributed by atoms with E-state index in [0.717, 1.165) is 18.7 Å². The van der Waals surface area contributed by atoms with Gasteiger partial charge in [-0.25, -0.2) is 4.98 Å². The van der Waals surface area contributed by atoms with E-state index in [9.17, 15) is 4.79 Å². The van der Waals surface area contributed by atoms with Crippen molar-refractivity contribution >= 4 is 0 Å². The summed E-state index contributed by atoms with van der Waals surface area (Å²) in [5, 5.41) is 3.91. The Morgan fingerprint density at radius 1 is 1.47 bits per heavy atom. The van der Waals surface area contributed by atoms with E-state index in [1.807, 2.05) is 0 Å². The van der Waals surface area contributed by atoms with Gasteiger partial charge in [-0.05, 0) is 19.8 Å². The topological polar surface area (TPSA) is 83.0 Å². The second-order valence-corrected chi connectivity index (χ2v) is 4.63. The highest BCUT2D eigenvalue weighted by molar-refractivity contribution is 5.09. The highest BCUT2D eigenvalue weighted by Gasteiger charge is 2.28. The normalized spacial score (nSPS) is 14.6. The third-order valence-electron chi connectivity index (χ3n) is 3.00. The molecule has 0 N–H and O–H groups in total. The van der Waals surface area contributed by atoms with Crippen molar-refractivity contribution < 1.29 is 9.26 Å². The molecule has 7 nitrogen and oxygen atoms in total. The van der Waals surface area contributed by atoms with Crippen molar-refractivity contribution in [2.24, 2.45) is 0 Å². The first-order valence-electron chi connectivity index (χ1n) is 6.12. The molecule has 0 unspecified atom stereocenters. The van der Waals surface area contributed by atoms with Gasteiger partial charge >= 0.3 is 0 Å². The lowest BCUT2D eigenvalue weighted by Gasteiger charge is -2.08. The van der Waals surface area contributed by atoms with Crippen molar-refractivity contribution in [1.82, 2.24) is 19.7 Å².